The molecule has 106 valence electrons. The van der Waals surface area contributed by atoms with Gasteiger partial charge in [0.05, 0.1) is 11.8 Å². The van der Waals surface area contributed by atoms with Crippen LogP contribution in [0.3, 0.4) is 0 Å². The third-order valence-corrected chi connectivity index (χ3v) is 3.89. The Balaban J connectivity index is 2.31. The first-order valence-corrected chi connectivity index (χ1v) is 8.01. The number of hydrogen-bond donors (Lipinski definition) is 2. The molecule has 0 aliphatic carbocycles. The lowest BCUT2D eigenvalue weighted by molar-refractivity contribution is -0.128. The van der Waals surface area contributed by atoms with E-state index in [9.17, 15) is 13.2 Å². The molecule has 0 saturated carbocycles. The van der Waals surface area contributed by atoms with Crippen LogP contribution in [0.15, 0.2) is 0 Å². The Morgan fingerprint density at radius 1 is 1.33 bits per heavy atom. The summed E-state index contributed by atoms with van der Waals surface area (Å²) in [6.07, 6.45) is 1.29. The molecule has 0 radical (unpaired) electrons. The molecule has 0 aromatic heterocycles. The lowest BCUT2D eigenvalue weighted by Gasteiger charge is -2.32. The van der Waals surface area contributed by atoms with Crippen LogP contribution in [0.2, 0.25) is 0 Å². The lowest BCUT2D eigenvalue weighted by Crippen LogP contribution is -2.56. The van der Waals surface area contributed by atoms with Crippen molar-refractivity contribution in [3.63, 3.8) is 0 Å². The number of carbonyl (C=O) groups is 1. The van der Waals surface area contributed by atoms with Crippen molar-refractivity contribution >= 4 is 15.7 Å². The molecule has 1 saturated heterocycles. The Morgan fingerprint density at radius 2 is 1.89 bits per heavy atom. The van der Waals surface area contributed by atoms with Crippen LogP contribution in [0.1, 0.15) is 6.42 Å². The number of hydrazine groups is 1. The van der Waals surface area contributed by atoms with Crippen LogP contribution in [-0.4, -0.2) is 75.5 Å². The van der Waals surface area contributed by atoms with Crippen molar-refractivity contribution in [2.24, 2.45) is 5.73 Å². The average Bonchev–Trinajstić information content (AvgIpc) is 2.28. The van der Waals surface area contributed by atoms with E-state index in [1.54, 1.807) is 0 Å². The molecule has 18 heavy (non-hydrogen) atoms. The van der Waals surface area contributed by atoms with Crippen molar-refractivity contribution < 1.29 is 13.2 Å². The zero-order chi connectivity index (χ0) is 13.8. The van der Waals surface area contributed by atoms with Gasteiger partial charge in [-0.15, -0.1) is 0 Å². The summed E-state index contributed by atoms with van der Waals surface area (Å²) in [7, 11) is -1.05. The molecule has 0 spiro atoms. The maximum absolute atomic E-state index is 11.7. The molecule has 1 unspecified atom stereocenters. The van der Waals surface area contributed by atoms with Crippen LogP contribution in [0.4, 0.5) is 0 Å². The van der Waals surface area contributed by atoms with Crippen molar-refractivity contribution in [3.8, 4) is 0 Å². The number of sulfone groups is 1. The Hall–Kier alpha value is -0.700. The number of amides is 1. The van der Waals surface area contributed by atoms with Crippen LogP contribution in [-0.2, 0) is 14.6 Å². The van der Waals surface area contributed by atoms with Gasteiger partial charge in [0.15, 0.2) is 0 Å². The van der Waals surface area contributed by atoms with Crippen LogP contribution < -0.4 is 11.2 Å². The Morgan fingerprint density at radius 3 is 2.39 bits per heavy atom. The molecule has 1 heterocycles. The molecule has 7 nitrogen and oxygen atoms in total. The number of rotatable bonds is 5. The fourth-order valence-electron chi connectivity index (χ4n) is 1.63. The molecular formula is C10H22N4O3S. The predicted octanol–water partition coefficient (Wildman–Crippen LogP) is -1.97. The molecule has 3 N–H and O–H groups in total. The van der Waals surface area contributed by atoms with Crippen molar-refractivity contribution in [1.29, 1.82) is 0 Å². The number of nitrogens with one attached hydrogen (secondary N) is 1. The molecule has 8 heteroatoms. The van der Waals surface area contributed by atoms with Crippen LogP contribution >= 0.6 is 0 Å². The second kappa shape index (κ2) is 6.46. The Bertz CT molecular complexity index is 377. The SMILES string of the molecule is CN1CCN(NC(=O)C(N)CCS(C)(=O)=O)CC1. The van der Waals surface area contributed by atoms with Crippen LogP contribution in [0, 0.1) is 0 Å². The van der Waals surface area contributed by atoms with Gasteiger partial charge >= 0.3 is 0 Å². The van der Waals surface area contributed by atoms with E-state index >= 15 is 0 Å². The highest BCUT2D eigenvalue weighted by Crippen LogP contribution is 1.98. The van der Waals surface area contributed by atoms with Gasteiger partial charge in [0.2, 0.25) is 0 Å². The quantitative estimate of drug-likeness (QED) is 0.605. The first-order valence-electron chi connectivity index (χ1n) is 5.95. The molecule has 1 aliphatic heterocycles. The van der Waals surface area contributed by atoms with Gasteiger partial charge in [0.25, 0.3) is 5.91 Å². The van der Waals surface area contributed by atoms with Crippen molar-refractivity contribution in [2.75, 3.05) is 45.2 Å². The van der Waals surface area contributed by atoms with Crippen molar-refractivity contribution in [2.45, 2.75) is 12.5 Å². The highest BCUT2D eigenvalue weighted by atomic mass is 32.2. The molecule has 1 fully saturated rings. The summed E-state index contributed by atoms with van der Waals surface area (Å²) in [5, 5.41) is 1.82. The molecule has 0 bridgehead atoms. The number of carbonyl (C=O) groups excluding carboxylic acids is 1. The van der Waals surface area contributed by atoms with E-state index in [0.29, 0.717) is 0 Å². The van der Waals surface area contributed by atoms with Gasteiger partial charge in [-0.1, -0.05) is 0 Å². The van der Waals surface area contributed by atoms with Gasteiger partial charge in [0, 0.05) is 32.4 Å². The standard InChI is InChI=1S/C10H22N4O3S/c1-13-4-6-14(7-5-13)12-10(15)9(11)3-8-18(2,16)17/h9H,3-8,11H2,1-2H3,(H,12,15). The zero-order valence-corrected chi connectivity index (χ0v) is 11.7. The maximum Gasteiger partial charge on any atom is 0.251 e. The highest BCUT2D eigenvalue weighted by Gasteiger charge is 2.20. The third-order valence-electron chi connectivity index (χ3n) is 2.91. The van der Waals surface area contributed by atoms with Gasteiger partial charge in [-0.2, -0.15) is 0 Å². The largest absolute Gasteiger partial charge is 0.320 e. The van der Waals surface area contributed by atoms with E-state index in [0.717, 1.165) is 32.4 Å². The van der Waals surface area contributed by atoms with E-state index in [1.165, 1.54) is 0 Å². The Kier molecular flexibility index (Phi) is 5.51. The predicted molar refractivity (Wildman–Crippen MR) is 69.5 cm³/mol. The molecular weight excluding hydrogens is 256 g/mol. The summed E-state index contributed by atoms with van der Waals surface area (Å²) < 4.78 is 22.0. The summed E-state index contributed by atoms with van der Waals surface area (Å²) in [6, 6.07) is -0.778. The number of likely N-dealkylation sites (N-methyl/N-ethyl adjacent to an activating group) is 1. The summed E-state index contributed by atoms with van der Waals surface area (Å²) >= 11 is 0. The second-order valence-electron chi connectivity index (χ2n) is 4.79. The lowest BCUT2D eigenvalue weighted by atomic mass is 10.2. The fourth-order valence-corrected chi connectivity index (χ4v) is 2.31. The minimum Gasteiger partial charge on any atom is -0.320 e. The molecule has 1 amide bonds. The van der Waals surface area contributed by atoms with Crippen LogP contribution in [0.5, 0.6) is 0 Å². The van der Waals surface area contributed by atoms with E-state index in [-0.39, 0.29) is 18.1 Å². The van der Waals surface area contributed by atoms with E-state index in [2.05, 4.69) is 10.3 Å². The maximum atomic E-state index is 11.7. The number of piperazine rings is 1. The van der Waals surface area contributed by atoms with Gasteiger partial charge in [-0.3, -0.25) is 10.2 Å². The second-order valence-corrected chi connectivity index (χ2v) is 7.05. The molecule has 0 aromatic carbocycles. The molecule has 1 atom stereocenters. The highest BCUT2D eigenvalue weighted by molar-refractivity contribution is 7.90. The normalized spacial score (nSPS) is 20.6. The summed E-state index contributed by atoms with van der Waals surface area (Å²) in [5.74, 6) is -0.382. The number of hydrogen-bond acceptors (Lipinski definition) is 6. The van der Waals surface area contributed by atoms with E-state index in [4.69, 9.17) is 5.73 Å². The first-order chi connectivity index (χ1) is 8.28. The average molecular weight is 278 g/mol. The van der Waals surface area contributed by atoms with Crippen molar-refractivity contribution in [1.82, 2.24) is 15.3 Å². The first kappa shape index (κ1) is 15.4. The third kappa shape index (κ3) is 5.76. The van der Waals surface area contributed by atoms with Gasteiger partial charge in [0.1, 0.15) is 9.84 Å². The number of nitrogens with two attached hydrogens (primary N) is 1. The zero-order valence-electron chi connectivity index (χ0n) is 10.9. The smallest absolute Gasteiger partial charge is 0.251 e. The van der Waals surface area contributed by atoms with Gasteiger partial charge in [-0.25, -0.2) is 13.4 Å². The van der Waals surface area contributed by atoms with Gasteiger partial charge < -0.3 is 10.6 Å². The minimum absolute atomic E-state index is 0.0652. The van der Waals surface area contributed by atoms with E-state index < -0.39 is 15.9 Å². The summed E-state index contributed by atoms with van der Waals surface area (Å²) in [4.78, 5) is 13.9. The Labute approximate surface area is 108 Å². The van der Waals surface area contributed by atoms with Crippen LogP contribution in [0.25, 0.3) is 0 Å². The molecule has 1 rings (SSSR count). The summed E-state index contributed by atoms with van der Waals surface area (Å²) in [5.41, 5.74) is 8.38. The van der Waals surface area contributed by atoms with Gasteiger partial charge in [-0.05, 0) is 13.5 Å². The molecule has 1 aliphatic rings. The summed E-state index contributed by atoms with van der Waals surface area (Å²) in [6.45, 7) is 3.28. The fraction of sp³-hybridized carbons (Fsp3) is 0.900. The van der Waals surface area contributed by atoms with Crippen molar-refractivity contribution in [3.05, 3.63) is 0 Å². The monoisotopic (exact) mass is 278 g/mol. The van der Waals surface area contributed by atoms with E-state index in [1.807, 2.05) is 12.1 Å². The molecule has 0 aromatic rings. The topological polar surface area (TPSA) is 95.7 Å². The minimum atomic E-state index is -3.07. The number of nitrogens with zero attached hydrogens (tertiary/aromatic N) is 2.